The number of ether oxygens (including phenoxy) is 1. The summed E-state index contributed by atoms with van der Waals surface area (Å²) in [5.41, 5.74) is 1.80. The number of nitrogens with zero attached hydrogens (tertiary/aromatic N) is 3. The molecule has 0 aliphatic carbocycles. The monoisotopic (exact) mass is 292 g/mol. The average Bonchev–Trinajstić information content (AvgIpc) is 2.97. The van der Waals surface area contributed by atoms with Crippen molar-refractivity contribution in [1.82, 2.24) is 25.5 Å². The molecule has 0 fully saturated rings. The van der Waals surface area contributed by atoms with Gasteiger partial charge in [0.2, 0.25) is 0 Å². The Morgan fingerprint density at radius 3 is 3.00 bits per heavy atom. The van der Waals surface area contributed by atoms with Crippen LogP contribution in [-0.2, 0) is 12.1 Å². The van der Waals surface area contributed by atoms with Crippen molar-refractivity contribution in [2.75, 3.05) is 11.9 Å². The van der Waals surface area contributed by atoms with Gasteiger partial charge in [-0.1, -0.05) is 0 Å². The van der Waals surface area contributed by atoms with Gasteiger partial charge >= 0.3 is 6.01 Å². The van der Waals surface area contributed by atoms with Crippen molar-refractivity contribution in [3.63, 3.8) is 0 Å². The van der Waals surface area contributed by atoms with Gasteiger partial charge < -0.3 is 15.4 Å². The van der Waals surface area contributed by atoms with Crippen molar-refractivity contribution in [3.05, 3.63) is 23.3 Å². The Morgan fingerprint density at radius 1 is 1.43 bits per heavy atom. The minimum atomic E-state index is -0.555. The topological polar surface area (TPSA) is 87.8 Å². The summed E-state index contributed by atoms with van der Waals surface area (Å²) in [4.78, 5) is 7.77. The van der Waals surface area contributed by atoms with E-state index in [2.05, 4.69) is 44.6 Å². The van der Waals surface area contributed by atoms with Crippen LogP contribution in [0.3, 0.4) is 0 Å². The van der Waals surface area contributed by atoms with Gasteiger partial charge in [0.15, 0.2) is 17.5 Å². The van der Waals surface area contributed by atoms with E-state index in [1.807, 2.05) is 6.92 Å². The fraction of sp³-hybridized carbons (Fsp3) is 0.462. The number of H-pyrrole nitrogens is 1. The van der Waals surface area contributed by atoms with Gasteiger partial charge in [-0.15, -0.1) is 0 Å². The van der Waals surface area contributed by atoms with Gasteiger partial charge in [0.05, 0.1) is 24.0 Å². The molecule has 2 aromatic heterocycles. The summed E-state index contributed by atoms with van der Waals surface area (Å²) >= 11 is 0. The standard InChI is InChI=1S/C13H17FN6O/c1-4-21-12-15-6-8(14)11(18-12)17-10-7-5-16-13(2,3)9(7)19-20-10/h6,16H,4-5H2,1-3H3,(H2,15,17,18,19,20). The van der Waals surface area contributed by atoms with E-state index in [1.165, 1.54) is 0 Å². The maximum Gasteiger partial charge on any atom is 0.318 e. The molecule has 0 atom stereocenters. The average molecular weight is 292 g/mol. The minimum Gasteiger partial charge on any atom is -0.464 e. The molecule has 112 valence electrons. The minimum absolute atomic E-state index is 0.0486. The van der Waals surface area contributed by atoms with Crippen molar-refractivity contribution >= 4 is 11.6 Å². The van der Waals surface area contributed by atoms with Crippen LogP contribution in [0.5, 0.6) is 6.01 Å². The quantitative estimate of drug-likeness (QED) is 0.796. The van der Waals surface area contributed by atoms with Gasteiger partial charge in [-0.25, -0.2) is 9.37 Å². The number of hydrogen-bond donors (Lipinski definition) is 3. The molecule has 0 saturated carbocycles. The van der Waals surface area contributed by atoms with Crippen LogP contribution in [0.1, 0.15) is 32.0 Å². The Kier molecular flexibility index (Phi) is 3.25. The molecule has 0 saturated heterocycles. The third-order valence-corrected chi connectivity index (χ3v) is 3.43. The lowest BCUT2D eigenvalue weighted by Gasteiger charge is -2.16. The second-order valence-electron chi connectivity index (χ2n) is 5.31. The first kappa shape index (κ1) is 13.7. The molecule has 1 aliphatic heterocycles. The smallest absolute Gasteiger partial charge is 0.318 e. The predicted molar refractivity (Wildman–Crippen MR) is 74.9 cm³/mol. The van der Waals surface area contributed by atoms with Crippen LogP contribution >= 0.6 is 0 Å². The van der Waals surface area contributed by atoms with Crippen LogP contribution in [0.25, 0.3) is 0 Å². The molecule has 0 unspecified atom stereocenters. The first-order valence-electron chi connectivity index (χ1n) is 6.76. The number of fused-ring (bicyclic) bond motifs is 1. The zero-order valence-corrected chi connectivity index (χ0v) is 12.1. The molecular formula is C13H17FN6O. The summed E-state index contributed by atoms with van der Waals surface area (Å²) in [5, 5.41) is 13.4. The number of hydrogen-bond acceptors (Lipinski definition) is 6. The Labute approximate surface area is 121 Å². The lowest BCUT2D eigenvalue weighted by Crippen LogP contribution is -2.29. The summed E-state index contributed by atoms with van der Waals surface area (Å²) in [6.07, 6.45) is 1.08. The molecule has 0 radical (unpaired) electrons. The molecule has 21 heavy (non-hydrogen) atoms. The number of aromatic amines is 1. The molecule has 0 bridgehead atoms. The van der Waals surface area contributed by atoms with Crippen LogP contribution in [0.15, 0.2) is 6.20 Å². The molecule has 0 spiro atoms. The zero-order valence-electron chi connectivity index (χ0n) is 12.1. The van der Waals surface area contributed by atoms with Crippen LogP contribution < -0.4 is 15.4 Å². The van der Waals surface area contributed by atoms with Crippen molar-refractivity contribution < 1.29 is 9.13 Å². The van der Waals surface area contributed by atoms with E-state index in [1.54, 1.807) is 0 Å². The number of halogens is 1. The second-order valence-corrected chi connectivity index (χ2v) is 5.31. The van der Waals surface area contributed by atoms with E-state index in [9.17, 15) is 4.39 Å². The summed E-state index contributed by atoms with van der Waals surface area (Å²) in [6.45, 7) is 7.00. The molecule has 2 aromatic rings. The summed E-state index contributed by atoms with van der Waals surface area (Å²) in [7, 11) is 0. The normalized spacial score (nSPS) is 15.8. The van der Waals surface area contributed by atoms with Gasteiger partial charge in [0.1, 0.15) is 0 Å². The van der Waals surface area contributed by atoms with Gasteiger partial charge in [0, 0.05) is 12.1 Å². The van der Waals surface area contributed by atoms with Gasteiger partial charge in [-0.05, 0) is 20.8 Å². The van der Waals surface area contributed by atoms with Crippen molar-refractivity contribution in [1.29, 1.82) is 0 Å². The Bertz CT molecular complexity index is 669. The molecule has 7 nitrogen and oxygen atoms in total. The molecule has 0 amide bonds. The van der Waals surface area contributed by atoms with Crippen LogP contribution in [0, 0.1) is 5.82 Å². The fourth-order valence-corrected chi connectivity index (χ4v) is 2.30. The van der Waals surface area contributed by atoms with Crippen LogP contribution in [-0.4, -0.2) is 26.8 Å². The number of aromatic nitrogens is 4. The maximum absolute atomic E-state index is 13.8. The van der Waals surface area contributed by atoms with Crippen LogP contribution in [0.2, 0.25) is 0 Å². The first-order valence-corrected chi connectivity index (χ1v) is 6.76. The third kappa shape index (κ3) is 2.42. The van der Waals surface area contributed by atoms with Crippen molar-refractivity contribution in [2.24, 2.45) is 0 Å². The Hall–Kier alpha value is -2.22. The van der Waals surface area contributed by atoms with Crippen molar-refractivity contribution in [3.8, 4) is 6.01 Å². The third-order valence-electron chi connectivity index (χ3n) is 3.43. The van der Waals surface area contributed by atoms with Gasteiger partial charge in [0.25, 0.3) is 0 Å². The van der Waals surface area contributed by atoms with Gasteiger partial charge in [-0.3, -0.25) is 5.10 Å². The zero-order chi connectivity index (χ0) is 15.0. The highest BCUT2D eigenvalue weighted by molar-refractivity contribution is 5.59. The lowest BCUT2D eigenvalue weighted by molar-refractivity contribution is 0.311. The number of rotatable bonds is 4. The summed E-state index contributed by atoms with van der Waals surface area (Å²) in [5.74, 6) is 0.0519. The highest BCUT2D eigenvalue weighted by Crippen LogP contribution is 2.33. The maximum atomic E-state index is 13.8. The molecule has 3 rings (SSSR count). The van der Waals surface area contributed by atoms with E-state index in [0.717, 1.165) is 17.5 Å². The van der Waals surface area contributed by atoms with Crippen LogP contribution in [0.4, 0.5) is 16.0 Å². The first-order chi connectivity index (χ1) is 10.0. The Morgan fingerprint density at radius 2 is 2.24 bits per heavy atom. The van der Waals surface area contributed by atoms with E-state index in [0.29, 0.717) is 19.0 Å². The Balaban J connectivity index is 1.90. The predicted octanol–water partition coefficient (Wildman–Crippen LogP) is 1.82. The van der Waals surface area contributed by atoms with E-state index < -0.39 is 5.82 Å². The SMILES string of the molecule is CCOc1ncc(F)c(Nc2n[nH]c3c2CNC3(C)C)n1. The highest BCUT2D eigenvalue weighted by Gasteiger charge is 2.33. The van der Waals surface area contributed by atoms with E-state index >= 15 is 0 Å². The van der Waals surface area contributed by atoms with E-state index in [4.69, 9.17) is 4.74 Å². The molecule has 0 aromatic carbocycles. The lowest BCUT2D eigenvalue weighted by atomic mass is 10.0. The van der Waals surface area contributed by atoms with Gasteiger partial charge in [-0.2, -0.15) is 10.1 Å². The summed E-state index contributed by atoms with van der Waals surface area (Å²) in [6, 6.07) is 0.132. The van der Waals surface area contributed by atoms with Crippen molar-refractivity contribution in [2.45, 2.75) is 32.9 Å². The fourth-order valence-electron chi connectivity index (χ4n) is 2.30. The molecule has 8 heteroatoms. The number of anilines is 2. The molecular weight excluding hydrogens is 275 g/mol. The molecule has 3 N–H and O–H groups in total. The number of nitrogens with one attached hydrogen (secondary N) is 3. The highest BCUT2D eigenvalue weighted by atomic mass is 19.1. The van der Waals surface area contributed by atoms with E-state index in [-0.39, 0.29) is 17.4 Å². The molecule has 1 aliphatic rings. The largest absolute Gasteiger partial charge is 0.464 e. The summed E-state index contributed by atoms with van der Waals surface area (Å²) < 4.78 is 19.0. The second kappa shape index (κ2) is 4.96. The molecule has 3 heterocycles.